The average molecular weight is 243 g/mol. The van der Waals surface area contributed by atoms with Crippen LogP contribution >= 0.6 is 0 Å². The SMILES string of the molecule is CC(C)C(C#N)C(=O)c1ccc2c(c1)CCCO2. The summed E-state index contributed by atoms with van der Waals surface area (Å²) >= 11 is 0. The maximum Gasteiger partial charge on any atom is 0.180 e. The van der Waals surface area contributed by atoms with Gasteiger partial charge in [-0.3, -0.25) is 4.79 Å². The summed E-state index contributed by atoms with van der Waals surface area (Å²) in [5.74, 6) is 0.263. The second-order valence-electron chi connectivity index (χ2n) is 4.99. The first-order valence-electron chi connectivity index (χ1n) is 6.33. The summed E-state index contributed by atoms with van der Waals surface area (Å²) in [4.78, 5) is 12.2. The molecule has 0 saturated heterocycles. The fourth-order valence-corrected chi connectivity index (χ4v) is 2.20. The molecule has 1 aliphatic heterocycles. The molecule has 0 N–H and O–H groups in total. The van der Waals surface area contributed by atoms with E-state index in [1.54, 1.807) is 6.07 Å². The number of carbonyl (C=O) groups is 1. The number of aryl methyl sites for hydroxylation is 1. The highest BCUT2D eigenvalue weighted by Crippen LogP contribution is 2.27. The summed E-state index contributed by atoms with van der Waals surface area (Å²) in [6.45, 7) is 4.54. The second-order valence-corrected chi connectivity index (χ2v) is 4.99. The van der Waals surface area contributed by atoms with Crippen molar-refractivity contribution in [3.63, 3.8) is 0 Å². The summed E-state index contributed by atoms with van der Waals surface area (Å²) in [6.07, 6.45) is 1.92. The number of ether oxygens (including phenoxy) is 1. The number of hydrogen-bond donors (Lipinski definition) is 0. The van der Waals surface area contributed by atoms with E-state index < -0.39 is 5.92 Å². The van der Waals surface area contributed by atoms with Crippen LogP contribution in [-0.4, -0.2) is 12.4 Å². The molecule has 1 aromatic carbocycles. The van der Waals surface area contributed by atoms with Crippen molar-refractivity contribution >= 4 is 5.78 Å². The fraction of sp³-hybridized carbons (Fsp3) is 0.467. The minimum absolute atomic E-state index is 0.0368. The van der Waals surface area contributed by atoms with Crippen molar-refractivity contribution in [2.75, 3.05) is 6.61 Å². The molecular weight excluding hydrogens is 226 g/mol. The van der Waals surface area contributed by atoms with Crippen molar-refractivity contribution in [2.45, 2.75) is 26.7 Å². The Kier molecular flexibility index (Phi) is 3.66. The number of nitrogens with zero attached hydrogens (tertiary/aromatic N) is 1. The standard InChI is InChI=1S/C15H17NO2/c1-10(2)13(9-16)15(17)12-5-6-14-11(8-12)4-3-7-18-14/h5-6,8,10,13H,3-4,7H2,1-2H3. The van der Waals surface area contributed by atoms with Gasteiger partial charge in [0.15, 0.2) is 5.78 Å². The van der Waals surface area contributed by atoms with Gasteiger partial charge in [-0.1, -0.05) is 13.8 Å². The van der Waals surface area contributed by atoms with E-state index in [1.165, 1.54) is 0 Å². The molecule has 94 valence electrons. The maximum atomic E-state index is 12.2. The van der Waals surface area contributed by atoms with Gasteiger partial charge >= 0.3 is 0 Å². The number of rotatable bonds is 3. The summed E-state index contributed by atoms with van der Waals surface area (Å²) in [7, 11) is 0. The number of Topliss-reactive ketones (excluding diaryl/α,β-unsaturated/α-hetero) is 1. The maximum absolute atomic E-state index is 12.2. The Labute approximate surface area is 107 Å². The van der Waals surface area contributed by atoms with Crippen LogP contribution in [0.1, 0.15) is 36.2 Å². The smallest absolute Gasteiger partial charge is 0.180 e. The zero-order chi connectivity index (χ0) is 13.1. The summed E-state index contributed by atoms with van der Waals surface area (Å²) in [5.41, 5.74) is 1.70. The highest BCUT2D eigenvalue weighted by Gasteiger charge is 2.24. The quantitative estimate of drug-likeness (QED) is 0.767. The van der Waals surface area contributed by atoms with Gasteiger partial charge in [0.05, 0.1) is 12.7 Å². The Morgan fingerprint density at radius 1 is 1.44 bits per heavy atom. The Bertz CT molecular complexity index is 500. The molecule has 1 aromatic rings. The van der Waals surface area contributed by atoms with Gasteiger partial charge in [-0.2, -0.15) is 5.26 Å². The van der Waals surface area contributed by atoms with Crippen molar-refractivity contribution in [3.8, 4) is 11.8 Å². The van der Waals surface area contributed by atoms with Gasteiger partial charge in [0.25, 0.3) is 0 Å². The zero-order valence-corrected chi connectivity index (χ0v) is 10.8. The highest BCUT2D eigenvalue weighted by molar-refractivity contribution is 5.99. The van der Waals surface area contributed by atoms with Gasteiger partial charge in [-0.15, -0.1) is 0 Å². The van der Waals surface area contributed by atoms with Crippen LogP contribution in [0.4, 0.5) is 0 Å². The average Bonchev–Trinajstić information content (AvgIpc) is 2.38. The summed E-state index contributed by atoms with van der Waals surface area (Å²) < 4.78 is 5.52. The Hall–Kier alpha value is -1.82. The Morgan fingerprint density at radius 2 is 2.22 bits per heavy atom. The fourth-order valence-electron chi connectivity index (χ4n) is 2.20. The van der Waals surface area contributed by atoms with Crippen molar-refractivity contribution in [3.05, 3.63) is 29.3 Å². The number of hydrogen-bond acceptors (Lipinski definition) is 3. The minimum Gasteiger partial charge on any atom is -0.493 e. The first-order chi connectivity index (χ1) is 8.63. The first kappa shape index (κ1) is 12.6. The zero-order valence-electron chi connectivity index (χ0n) is 10.8. The second kappa shape index (κ2) is 5.22. The van der Waals surface area contributed by atoms with Crippen molar-refractivity contribution in [1.82, 2.24) is 0 Å². The van der Waals surface area contributed by atoms with E-state index in [-0.39, 0.29) is 11.7 Å². The van der Waals surface area contributed by atoms with Gasteiger partial charge < -0.3 is 4.74 Å². The molecule has 3 heteroatoms. The van der Waals surface area contributed by atoms with E-state index in [1.807, 2.05) is 26.0 Å². The lowest BCUT2D eigenvalue weighted by molar-refractivity contribution is 0.0924. The molecular formula is C15H17NO2. The van der Waals surface area contributed by atoms with Gasteiger partial charge in [-0.25, -0.2) is 0 Å². The molecule has 0 aromatic heterocycles. The Morgan fingerprint density at radius 3 is 2.89 bits per heavy atom. The lowest BCUT2D eigenvalue weighted by Gasteiger charge is -2.18. The van der Waals surface area contributed by atoms with E-state index in [0.717, 1.165) is 30.8 Å². The normalized spacial score (nSPS) is 15.4. The molecule has 0 spiro atoms. The monoisotopic (exact) mass is 243 g/mol. The molecule has 0 saturated carbocycles. The van der Waals surface area contributed by atoms with E-state index in [9.17, 15) is 4.79 Å². The summed E-state index contributed by atoms with van der Waals surface area (Å²) in [5, 5.41) is 9.07. The molecule has 1 aliphatic rings. The van der Waals surface area contributed by atoms with E-state index >= 15 is 0 Å². The molecule has 1 unspecified atom stereocenters. The molecule has 2 rings (SSSR count). The molecule has 0 aliphatic carbocycles. The van der Waals surface area contributed by atoms with Crippen LogP contribution in [0.25, 0.3) is 0 Å². The number of ketones is 1. The predicted octanol–water partition coefficient (Wildman–Crippen LogP) is 2.99. The topological polar surface area (TPSA) is 50.1 Å². The third-order valence-corrected chi connectivity index (χ3v) is 3.28. The summed E-state index contributed by atoms with van der Waals surface area (Å²) in [6, 6.07) is 7.58. The third-order valence-electron chi connectivity index (χ3n) is 3.28. The number of fused-ring (bicyclic) bond motifs is 1. The third kappa shape index (κ3) is 2.38. The molecule has 1 heterocycles. The molecule has 0 radical (unpaired) electrons. The molecule has 0 amide bonds. The van der Waals surface area contributed by atoms with Gasteiger partial charge in [0.2, 0.25) is 0 Å². The number of benzene rings is 1. The van der Waals surface area contributed by atoms with Crippen LogP contribution in [0.3, 0.4) is 0 Å². The van der Waals surface area contributed by atoms with Crippen LogP contribution in [0.5, 0.6) is 5.75 Å². The molecule has 0 fully saturated rings. The van der Waals surface area contributed by atoms with Gasteiger partial charge in [-0.05, 0) is 42.5 Å². The van der Waals surface area contributed by atoms with E-state index in [4.69, 9.17) is 10.00 Å². The number of nitriles is 1. The van der Waals surface area contributed by atoms with Crippen LogP contribution in [0, 0.1) is 23.2 Å². The highest BCUT2D eigenvalue weighted by atomic mass is 16.5. The first-order valence-corrected chi connectivity index (χ1v) is 6.33. The van der Waals surface area contributed by atoms with Crippen LogP contribution in [0.15, 0.2) is 18.2 Å². The molecule has 1 atom stereocenters. The lowest BCUT2D eigenvalue weighted by Crippen LogP contribution is -2.19. The molecule has 0 bridgehead atoms. The van der Waals surface area contributed by atoms with Crippen molar-refractivity contribution < 1.29 is 9.53 Å². The molecule has 3 nitrogen and oxygen atoms in total. The van der Waals surface area contributed by atoms with E-state index in [0.29, 0.717) is 5.56 Å². The minimum atomic E-state index is -0.562. The predicted molar refractivity (Wildman–Crippen MR) is 68.5 cm³/mol. The molecule has 18 heavy (non-hydrogen) atoms. The number of carbonyl (C=O) groups excluding carboxylic acids is 1. The largest absolute Gasteiger partial charge is 0.493 e. The van der Waals surface area contributed by atoms with Crippen LogP contribution in [0.2, 0.25) is 0 Å². The van der Waals surface area contributed by atoms with Gasteiger partial charge in [0, 0.05) is 5.56 Å². The van der Waals surface area contributed by atoms with Crippen LogP contribution in [-0.2, 0) is 6.42 Å². The van der Waals surface area contributed by atoms with Crippen molar-refractivity contribution in [1.29, 1.82) is 5.26 Å². The van der Waals surface area contributed by atoms with E-state index in [2.05, 4.69) is 6.07 Å². The van der Waals surface area contributed by atoms with Crippen LogP contribution < -0.4 is 4.74 Å². The Balaban J connectivity index is 2.29. The van der Waals surface area contributed by atoms with Gasteiger partial charge in [0.1, 0.15) is 11.7 Å². The van der Waals surface area contributed by atoms with Crippen molar-refractivity contribution in [2.24, 2.45) is 11.8 Å². The lowest BCUT2D eigenvalue weighted by atomic mass is 9.88.